The van der Waals surface area contributed by atoms with Crippen LogP contribution < -0.4 is 21.7 Å². The van der Waals surface area contributed by atoms with Crippen molar-refractivity contribution >= 4 is 46.7 Å². The van der Waals surface area contributed by atoms with E-state index in [1.165, 1.54) is 6.07 Å². The number of halogens is 3. The molecule has 5 rings (SSSR count). The van der Waals surface area contributed by atoms with Crippen LogP contribution in [0.5, 0.6) is 0 Å². The third kappa shape index (κ3) is 6.73. The van der Waals surface area contributed by atoms with Crippen LogP contribution in [0.2, 0.25) is 10.0 Å². The van der Waals surface area contributed by atoms with Crippen LogP contribution in [0, 0.1) is 23.1 Å². The van der Waals surface area contributed by atoms with Crippen LogP contribution in [-0.4, -0.2) is 42.0 Å². The second kappa shape index (κ2) is 12.8. The van der Waals surface area contributed by atoms with Crippen molar-refractivity contribution in [3.8, 4) is 0 Å². The molecule has 2 aromatic rings. The van der Waals surface area contributed by atoms with Gasteiger partial charge < -0.3 is 21.1 Å². The lowest BCUT2D eigenvalue weighted by Gasteiger charge is -2.45. The summed E-state index contributed by atoms with van der Waals surface area (Å²) in [7, 11) is 0. The van der Waals surface area contributed by atoms with E-state index < -0.39 is 41.2 Å². The molecule has 2 heterocycles. The van der Waals surface area contributed by atoms with E-state index in [1.54, 1.807) is 24.3 Å². The maximum Gasteiger partial charge on any atom is 0.323 e. The Kier molecular flexibility index (Phi) is 9.58. The lowest BCUT2D eigenvalue weighted by Crippen LogP contribution is -2.55. The van der Waals surface area contributed by atoms with E-state index in [9.17, 15) is 14.4 Å². The van der Waals surface area contributed by atoms with E-state index in [0.29, 0.717) is 42.8 Å². The number of carbonyl (C=O) groups is 3. The summed E-state index contributed by atoms with van der Waals surface area (Å²) in [5.41, 5.74) is 6.26. The normalized spacial score (nSPS) is 28.6. The average Bonchev–Trinajstić information content (AvgIpc) is 3.29. The number of esters is 1. The van der Waals surface area contributed by atoms with E-state index >= 15 is 4.39 Å². The number of amides is 2. The first kappa shape index (κ1) is 33.6. The smallest absolute Gasteiger partial charge is 0.323 e. The van der Waals surface area contributed by atoms with Crippen molar-refractivity contribution in [2.75, 3.05) is 5.32 Å². The Morgan fingerprint density at radius 1 is 1.13 bits per heavy atom. The van der Waals surface area contributed by atoms with E-state index in [-0.39, 0.29) is 45.9 Å². The fourth-order valence-corrected chi connectivity index (χ4v) is 7.75. The topological polar surface area (TPSA) is 123 Å². The van der Waals surface area contributed by atoms with Gasteiger partial charge in [-0.1, -0.05) is 76.0 Å². The molecule has 5 N–H and O–H groups in total. The van der Waals surface area contributed by atoms with Crippen molar-refractivity contribution in [3.63, 3.8) is 0 Å². The Hall–Kier alpha value is -2.72. The van der Waals surface area contributed by atoms with Gasteiger partial charge in [-0.3, -0.25) is 19.7 Å². The summed E-state index contributed by atoms with van der Waals surface area (Å²) in [6.45, 7) is 9.97. The van der Waals surface area contributed by atoms with Gasteiger partial charge in [0.1, 0.15) is 18.0 Å². The summed E-state index contributed by atoms with van der Waals surface area (Å²) in [6.07, 6.45) is 2.59. The molecule has 1 saturated carbocycles. The first-order valence-electron chi connectivity index (χ1n) is 15.7. The third-order valence-corrected chi connectivity index (χ3v) is 9.92. The molecule has 2 fully saturated rings. The van der Waals surface area contributed by atoms with Gasteiger partial charge in [-0.05, 0) is 72.8 Å². The second-order valence-electron chi connectivity index (χ2n) is 14.3. The third-order valence-electron chi connectivity index (χ3n) is 9.39. The van der Waals surface area contributed by atoms with Crippen molar-refractivity contribution in [3.05, 3.63) is 63.4 Å². The number of carbonyl (C=O) groups excluding carboxylic acids is 3. The van der Waals surface area contributed by atoms with Gasteiger partial charge in [-0.2, -0.15) is 0 Å². The van der Waals surface area contributed by atoms with Crippen LogP contribution in [0.25, 0.3) is 0 Å². The van der Waals surface area contributed by atoms with Crippen molar-refractivity contribution in [2.24, 2.45) is 23.0 Å². The predicted molar refractivity (Wildman–Crippen MR) is 173 cm³/mol. The Balaban J connectivity index is 1.47. The van der Waals surface area contributed by atoms with Crippen LogP contribution in [0.4, 0.5) is 10.1 Å². The summed E-state index contributed by atoms with van der Waals surface area (Å²) in [5.74, 6) is -3.41. The Morgan fingerprint density at radius 3 is 2.47 bits per heavy atom. The first-order chi connectivity index (χ1) is 21.1. The Bertz CT molecular complexity index is 1470. The maximum absolute atomic E-state index is 15.8. The zero-order valence-electron chi connectivity index (χ0n) is 26.4. The number of ether oxygens (including phenoxy) is 1. The average molecular weight is 662 g/mol. The highest BCUT2D eigenvalue weighted by atomic mass is 35.5. The zero-order chi connectivity index (χ0) is 32.8. The monoisotopic (exact) mass is 660 g/mol. The molecule has 5 unspecified atom stereocenters. The molecule has 5 atom stereocenters. The summed E-state index contributed by atoms with van der Waals surface area (Å²) >= 11 is 12.6. The lowest BCUT2D eigenvalue weighted by molar-refractivity contribution is -0.153. The van der Waals surface area contributed by atoms with Gasteiger partial charge in [-0.25, -0.2) is 4.39 Å². The number of rotatable bonds is 7. The molecule has 1 saturated heterocycles. The molecule has 3 aliphatic rings. The van der Waals surface area contributed by atoms with Crippen molar-refractivity contribution in [2.45, 2.75) is 102 Å². The molecule has 2 aliphatic heterocycles. The number of benzene rings is 2. The van der Waals surface area contributed by atoms with E-state index in [1.807, 2.05) is 19.9 Å². The highest BCUT2D eigenvalue weighted by molar-refractivity contribution is 6.31. The fraction of sp³-hybridized carbons (Fsp3) is 0.559. The minimum atomic E-state index is -0.997. The zero-order valence-corrected chi connectivity index (χ0v) is 27.9. The van der Waals surface area contributed by atoms with E-state index in [2.05, 4.69) is 36.7 Å². The summed E-state index contributed by atoms with van der Waals surface area (Å²) in [5, 5.41) is 10.2. The predicted octanol–water partition coefficient (Wildman–Crippen LogP) is 6.04. The standard InChI is InChI=1S/C34H43Cl2FN4O4/c1-17(2)28(38)32(44)45-20-12-10-19(11-13-20)39-31(43)29-25(21-7-6-8-23(36)27(21)37)26-30(42)40-24-15-18(35)9-14-22(24)34(26,41-29)16-33(3,4)5/h6-9,14-15,17,19-20,25-26,28-29,41H,10-13,16,38H2,1-5H3,(H,39,43)(H,40,42). The number of fused-ring (bicyclic) bond motifs is 3. The molecular formula is C34H43Cl2FN4O4. The number of anilines is 1. The molecular weight excluding hydrogens is 618 g/mol. The molecule has 0 aromatic heterocycles. The number of nitrogens with one attached hydrogen (secondary N) is 3. The van der Waals surface area contributed by atoms with Gasteiger partial charge in [0.25, 0.3) is 0 Å². The van der Waals surface area contributed by atoms with Gasteiger partial charge in [0.15, 0.2) is 0 Å². The van der Waals surface area contributed by atoms with Crippen LogP contribution >= 0.6 is 23.2 Å². The number of hydrogen-bond donors (Lipinski definition) is 4. The molecule has 8 nitrogen and oxygen atoms in total. The van der Waals surface area contributed by atoms with Crippen molar-refractivity contribution in [1.82, 2.24) is 10.6 Å². The minimum Gasteiger partial charge on any atom is -0.461 e. The molecule has 11 heteroatoms. The molecule has 2 amide bonds. The van der Waals surface area contributed by atoms with Crippen LogP contribution in [0.1, 0.15) is 83.8 Å². The largest absolute Gasteiger partial charge is 0.461 e. The van der Waals surface area contributed by atoms with Gasteiger partial charge >= 0.3 is 5.97 Å². The van der Waals surface area contributed by atoms with Crippen LogP contribution in [0.15, 0.2) is 36.4 Å². The van der Waals surface area contributed by atoms with Crippen LogP contribution in [-0.2, 0) is 24.7 Å². The Labute approximate surface area is 274 Å². The molecule has 0 spiro atoms. The van der Waals surface area contributed by atoms with Crippen molar-refractivity contribution < 1.29 is 23.5 Å². The summed E-state index contributed by atoms with van der Waals surface area (Å²) < 4.78 is 21.5. The van der Waals surface area contributed by atoms with Gasteiger partial charge in [0.2, 0.25) is 11.8 Å². The van der Waals surface area contributed by atoms with E-state index in [4.69, 9.17) is 33.7 Å². The quantitative estimate of drug-likeness (QED) is 0.269. The van der Waals surface area contributed by atoms with Crippen molar-refractivity contribution in [1.29, 1.82) is 0 Å². The molecule has 0 bridgehead atoms. The molecule has 0 radical (unpaired) electrons. The van der Waals surface area contributed by atoms with E-state index in [0.717, 1.165) is 5.56 Å². The second-order valence-corrected chi connectivity index (χ2v) is 15.2. The maximum atomic E-state index is 15.8. The fourth-order valence-electron chi connectivity index (χ4n) is 7.40. The highest BCUT2D eigenvalue weighted by Gasteiger charge is 2.63. The molecule has 2 aromatic carbocycles. The number of nitrogens with two attached hydrogens (primary N) is 1. The van der Waals surface area contributed by atoms with Gasteiger partial charge in [0, 0.05) is 22.7 Å². The number of hydrogen-bond acceptors (Lipinski definition) is 6. The summed E-state index contributed by atoms with van der Waals surface area (Å²) in [6, 6.07) is 8.24. The molecule has 1 aliphatic carbocycles. The molecule has 45 heavy (non-hydrogen) atoms. The highest BCUT2D eigenvalue weighted by Crippen LogP contribution is 2.57. The first-order valence-corrected chi connectivity index (χ1v) is 16.5. The minimum absolute atomic E-state index is 0.0272. The molecule has 244 valence electrons. The van der Waals surface area contributed by atoms with Crippen LogP contribution in [0.3, 0.4) is 0 Å². The van der Waals surface area contributed by atoms with Gasteiger partial charge in [0.05, 0.1) is 22.5 Å². The summed E-state index contributed by atoms with van der Waals surface area (Å²) in [4.78, 5) is 40.7. The SMILES string of the molecule is CC(C)C(N)C(=O)OC1CCC(NC(=O)C2NC3(CC(C)(C)C)c4ccc(Cl)cc4NC(=O)C3C2c2cccc(Cl)c2F)CC1. The van der Waals surface area contributed by atoms with Gasteiger partial charge in [-0.15, -0.1) is 0 Å². The lowest BCUT2D eigenvalue weighted by atomic mass is 9.64. The Morgan fingerprint density at radius 2 is 1.82 bits per heavy atom.